The molecule has 3 heteroatoms. The molecular formula is C14H24N2O. The summed E-state index contributed by atoms with van der Waals surface area (Å²) in [6, 6.07) is 8.78. The third kappa shape index (κ3) is 4.02. The predicted octanol–water partition coefficient (Wildman–Crippen LogP) is 2.00. The van der Waals surface area contributed by atoms with E-state index in [1.54, 1.807) is 0 Å². The SMILES string of the molecule is CCNCc1ccccc1N(CCO)C(C)C. The Bertz CT molecular complexity index is 326. The van der Waals surface area contributed by atoms with Gasteiger partial charge in [-0.1, -0.05) is 25.1 Å². The molecular weight excluding hydrogens is 212 g/mol. The number of benzene rings is 1. The Labute approximate surface area is 104 Å². The highest BCUT2D eigenvalue weighted by molar-refractivity contribution is 5.54. The van der Waals surface area contributed by atoms with Crippen molar-refractivity contribution in [2.24, 2.45) is 0 Å². The molecule has 17 heavy (non-hydrogen) atoms. The van der Waals surface area contributed by atoms with Crippen molar-refractivity contribution in [3.63, 3.8) is 0 Å². The first kappa shape index (κ1) is 14.0. The molecule has 1 rings (SSSR count). The molecule has 0 atom stereocenters. The summed E-state index contributed by atoms with van der Waals surface area (Å²) in [4.78, 5) is 2.24. The first-order valence-corrected chi connectivity index (χ1v) is 6.36. The zero-order chi connectivity index (χ0) is 12.7. The van der Waals surface area contributed by atoms with Crippen LogP contribution in [0.15, 0.2) is 24.3 Å². The molecule has 0 bridgehead atoms. The van der Waals surface area contributed by atoms with E-state index >= 15 is 0 Å². The van der Waals surface area contributed by atoms with Gasteiger partial charge in [-0.3, -0.25) is 0 Å². The minimum atomic E-state index is 0.188. The van der Waals surface area contributed by atoms with Gasteiger partial charge in [-0.15, -0.1) is 0 Å². The number of rotatable bonds is 7. The number of anilines is 1. The van der Waals surface area contributed by atoms with Gasteiger partial charge in [-0.05, 0) is 32.0 Å². The standard InChI is InChI=1S/C14H24N2O/c1-4-15-11-13-7-5-6-8-14(13)16(9-10-17)12(2)3/h5-8,12,15,17H,4,9-11H2,1-3H3. The topological polar surface area (TPSA) is 35.5 Å². The summed E-state index contributed by atoms with van der Waals surface area (Å²) in [6.07, 6.45) is 0. The lowest BCUT2D eigenvalue weighted by molar-refractivity contribution is 0.299. The highest BCUT2D eigenvalue weighted by Crippen LogP contribution is 2.22. The second-order valence-electron chi connectivity index (χ2n) is 4.42. The first-order valence-electron chi connectivity index (χ1n) is 6.36. The molecule has 0 aliphatic heterocycles. The molecule has 3 nitrogen and oxygen atoms in total. The average Bonchev–Trinajstić information content (AvgIpc) is 2.33. The quantitative estimate of drug-likeness (QED) is 0.760. The molecule has 0 aliphatic rings. The lowest BCUT2D eigenvalue weighted by Crippen LogP contribution is -2.34. The Kier molecular flexibility index (Phi) is 6.01. The van der Waals surface area contributed by atoms with E-state index in [0.717, 1.165) is 13.1 Å². The largest absolute Gasteiger partial charge is 0.395 e. The maximum Gasteiger partial charge on any atom is 0.0606 e. The summed E-state index contributed by atoms with van der Waals surface area (Å²) >= 11 is 0. The van der Waals surface area contributed by atoms with Crippen LogP contribution in [0.4, 0.5) is 5.69 Å². The molecule has 2 N–H and O–H groups in total. The molecule has 0 heterocycles. The molecule has 0 radical (unpaired) electrons. The summed E-state index contributed by atoms with van der Waals surface area (Å²) in [5, 5.41) is 12.5. The van der Waals surface area contributed by atoms with Gasteiger partial charge in [0, 0.05) is 24.8 Å². The van der Waals surface area contributed by atoms with E-state index in [1.165, 1.54) is 11.3 Å². The van der Waals surface area contributed by atoms with Gasteiger partial charge < -0.3 is 15.3 Å². The maximum atomic E-state index is 9.16. The molecule has 0 spiro atoms. The monoisotopic (exact) mass is 236 g/mol. The van der Waals surface area contributed by atoms with Crippen molar-refractivity contribution in [3.8, 4) is 0 Å². The van der Waals surface area contributed by atoms with Crippen LogP contribution in [0, 0.1) is 0 Å². The maximum absolute atomic E-state index is 9.16. The fourth-order valence-corrected chi connectivity index (χ4v) is 1.96. The molecule has 1 aromatic rings. The Morgan fingerprint density at radius 3 is 2.59 bits per heavy atom. The molecule has 0 unspecified atom stereocenters. The van der Waals surface area contributed by atoms with Gasteiger partial charge in [0.15, 0.2) is 0 Å². The van der Waals surface area contributed by atoms with Gasteiger partial charge >= 0.3 is 0 Å². The molecule has 0 saturated carbocycles. The van der Waals surface area contributed by atoms with Gasteiger partial charge in [0.1, 0.15) is 0 Å². The zero-order valence-electron chi connectivity index (χ0n) is 11.1. The number of hydrogen-bond acceptors (Lipinski definition) is 3. The second-order valence-corrected chi connectivity index (χ2v) is 4.42. The number of nitrogens with one attached hydrogen (secondary N) is 1. The fraction of sp³-hybridized carbons (Fsp3) is 0.571. The van der Waals surface area contributed by atoms with Gasteiger partial charge in [0.2, 0.25) is 0 Å². The van der Waals surface area contributed by atoms with Gasteiger partial charge in [-0.25, -0.2) is 0 Å². The number of aliphatic hydroxyl groups is 1. The first-order chi connectivity index (χ1) is 8.20. The smallest absolute Gasteiger partial charge is 0.0606 e. The number of para-hydroxylation sites is 1. The van der Waals surface area contributed by atoms with E-state index in [4.69, 9.17) is 5.11 Å². The van der Waals surface area contributed by atoms with E-state index in [0.29, 0.717) is 12.6 Å². The van der Waals surface area contributed by atoms with Gasteiger partial charge in [-0.2, -0.15) is 0 Å². The fourth-order valence-electron chi connectivity index (χ4n) is 1.96. The van der Waals surface area contributed by atoms with Crippen LogP contribution in [-0.4, -0.2) is 30.8 Å². The van der Waals surface area contributed by atoms with Gasteiger partial charge in [0.05, 0.1) is 6.61 Å². The van der Waals surface area contributed by atoms with E-state index in [2.05, 4.69) is 55.3 Å². The summed E-state index contributed by atoms with van der Waals surface area (Å²) in [6.45, 7) is 9.13. The predicted molar refractivity (Wildman–Crippen MR) is 73.4 cm³/mol. The van der Waals surface area contributed by atoms with Crippen LogP contribution in [0.1, 0.15) is 26.3 Å². The lowest BCUT2D eigenvalue weighted by Gasteiger charge is -2.30. The van der Waals surface area contributed by atoms with Crippen LogP contribution in [0.2, 0.25) is 0 Å². The molecule has 0 amide bonds. The average molecular weight is 236 g/mol. The Morgan fingerprint density at radius 1 is 1.29 bits per heavy atom. The van der Waals surface area contributed by atoms with Crippen LogP contribution < -0.4 is 10.2 Å². The van der Waals surface area contributed by atoms with E-state index in [-0.39, 0.29) is 6.61 Å². The number of aliphatic hydroxyl groups excluding tert-OH is 1. The van der Waals surface area contributed by atoms with Gasteiger partial charge in [0.25, 0.3) is 0 Å². The molecule has 0 saturated heterocycles. The third-order valence-electron chi connectivity index (χ3n) is 2.83. The highest BCUT2D eigenvalue weighted by Gasteiger charge is 2.12. The molecule has 1 aromatic carbocycles. The second kappa shape index (κ2) is 7.30. The van der Waals surface area contributed by atoms with E-state index in [1.807, 2.05) is 0 Å². The minimum Gasteiger partial charge on any atom is -0.395 e. The van der Waals surface area contributed by atoms with Crippen molar-refractivity contribution in [2.45, 2.75) is 33.4 Å². The zero-order valence-corrected chi connectivity index (χ0v) is 11.1. The molecule has 0 fully saturated rings. The Hall–Kier alpha value is -1.06. The van der Waals surface area contributed by atoms with Crippen LogP contribution >= 0.6 is 0 Å². The summed E-state index contributed by atoms with van der Waals surface area (Å²) in [5.41, 5.74) is 2.51. The third-order valence-corrected chi connectivity index (χ3v) is 2.83. The summed E-state index contributed by atoms with van der Waals surface area (Å²) in [5.74, 6) is 0. The lowest BCUT2D eigenvalue weighted by atomic mass is 10.1. The van der Waals surface area contributed by atoms with E-state index < -0.39 is 0 Å². The van der Waals surface area contributed by atoms with Crippen LogP contribution in [0.3, 0.4) is 0 Å². The summed E-state index contributed by atoms with van der Waals surface area (Å²) < 4.78 is 0. The van der Waals surface area contributed by atoms with Crippen molar-refractivity contribution >= 4 is 5.69 Å². The van der Waals surface area contributed by atoms with Crippen molar-refractivity contribution in [2.75, 3.05) is 24.6 Å². The van der Waals surface area contributed by atoms with Crippen LogP contribution in [0.5, 0.6) is 0 Å². The molecule has 0 aliphatic carbocycles. The number of nitrogens with zero attached hydrogens (tertiary/aromatic N) is 1. The highest BCUT2D eigenvalue weighted by atomic mass is 16.3. The van der Waals surface area contributed by atoms with Crippen LogP contribution in [-0.2, 0) is 6.54 Å². The minimum absolute atomic E-state index is 0.188. The van der Waals surface area contributed by atoms with Crippen molar-refractivity contribution in [3.05, 3.63) is 29.8 Å². The van der Waals surface area contributed by atoms with Crippen LogP contribution in [0.25, 0.3) is 0 Å². The normalized spacial score (nSPS) is 10.9. The Balaban J connectivity index is 2.92. The Morgan fingerprint density at radius 2 is 2.00 bits per heavy atom. The summed E-state index contributed by atoms with van der Waals surface area (Å²) in [7, 11) is 0. The van der Waals surface area contributed by atoms with E-state index in [9.17, 15) is 0 Å². The van der Waals surface area contributed by atoms with Crippen molar-refractivity contribution in [1.82, 2.24) is 5.32 Å². The molecule has 96 valence electrons. The number of hydrogen-bond donors (Lipinski definition) is 2. The van der Waals surface area contributed by atoms with Crippen molar-refractivity contribution < 1.29 is 5.11 Å². The van der Waals surface area contributed by atoms with Crippen molar-refractivity contribution in [1.29, 1.82) is 0 Å². The molecule has 0 aromatic heterocycles.